The van der Waals surface area contributed by atoms with Crippen molar-refractivity contribution in [3.63, 3.8) is 0 Å². The van der Waals surface area contributed by atoms with E-state index < -0.39 is 0 Å². The highest BCUT2D eigenvalue weighted by Gasteiger charge is 2.17. The minimum Gasteiger partial charge on any atom is -0.309 e. The average Bonchev–Trinajstić information content (AvgIpc) is 3.03. The number of rotatable bonds is 5. The maximum atomic E-state index is 6.24. The molecule has 6 heteroatoms. The van der Waals surface area contributed by atoms with Gasteiger partial charge in [0, 0.05) is 35.1 Å². The van der Waals surface area contributed by atoms with Gasteiger partial charge in [-0.25, -0.2) is 4.98 Å². The van der Waals surface area contributed by atoms with Crippen LogP contribution in [-0.2, 0) is 6.42 Å². The fraction of sp³-hybridized carbons (Fsp3) is 0.308. The van der Waals surface area contributed by atoms with Gasteiger partial charge in [-0.15, -0.1) is 22.7 Å². The molecule has 1 atom stereocenters. The number of nitrogens with zero attached hydrogens (tertiary/aromatic N) is 2. The maximum absolute atomic E-state index is 6.24. The standard InChI is InChI=1S/C13H14ClN3S2/c1-2-15-11(12-10(14)3-5-18-12)7-9-8-17-4-6-19-13(17)16-9/h3-6,8,11,15H,2,7H2,1H3. The van der Waals surface area contributed by atoms with Gasteiger partial charge < -0.3 is 5.32 Å². The molecule has 3 aromatic rings. The molecule has 0 aliphatic heterocycles. The molecule has 3 nitrogen and oxygen atoms in total. The molecule has 1 N–H and O–H groups in total. The summed E-state index contributed by atoms with van der Waals surface area (Å²) in [5.74, 6) is 0. The van der Waals surface area contributed by atoms with Gasteiger partial charge in [-0.1, -0.05) is 18.5 Å². The van der Waals surface area contributed by atoms with E-state index in [1.165, 1.54) is 4.88 Å². The molecule has 19 heavy (non-hydrogen) atoms. The first-order chi connectivity index (χ1) is 9.28. The van der Waals surface area contributed by atoms with Crippen LogP contribution in [0, 0.1) is 0 Å². The molecule has 0 bridgehead atoms. The molecule has 100 valence electrons. The van der Waals surface area contributed by atoms with Gasteiger partial charge in [0.2, 0.25) is 0 Å². The summed E-state index contributed by atoms with van der Waals surface area (Å²) >= 11 is 9.60. The van der Waals surface area contributed by atoms with Crippen LogP contribution < -0.4 is 5.32 Å². The topological polar surface area (TPSA) is 29.3 Å². The van der Waals surface area contributed by atoms with E-state index in [0.29, 0.717) is 0 Å². The molecular formula is C13H14ClN3S2. The second-order valence-electron chi connectivity index (χ2n) is 4.27. The van der Waals surface area contributed by atoms with E-state index in [-0.39, 0.29) is 6.04 Å². The number of fused-ring (bicyclic) bond motifs is 1. The zero-order valence-electron chi connectivity index (χ0n) is 10.5. The fourth-order valence-corrected chi connectivity index (χ4v) is 4.13. The Bertz CT molecular complexity index is 642. The zero-order valence-corrected chi connectivity index (χ0v) is 12.9. The van der Waals surface area contributed by atoms with Crippen molar-refractivity contribution in [2.75, 3.05) is 6.54 Å². The van der Waals surface area contributed by atoms with Gasteiger partial charge in [-0.3, -0.25) is 4.40 Å². The third-order valence-corrected chi connectivity index (χ3v) is 5.21. The Morgan fingerprint density at radius 3 is 3.00 bits per heavy atom. The van der Waals surface area contributed by atoms with Gasteiger partial charge >= 0.3 is 0 Å². The predicted octanol–water partition coefficient (Wildman–Crippen LogP) is 4.00. The lowest BCUT2D eigenvalue weighted by Crippen LogP contribution is -2.22. The van der Waals surface area contributed by atoms with Crippen LogP contribution in [0.15, 0.2) is 29.2 Å². The molecule has 3 rings (SSSR count). The van der Waals surface area contributed by atoms with Crippen LogP contribution in [0.4, 0.5) is 0 Å². The molecule has 0 saturated heterocycles. The quantitative estimate of drug-likeness (QED) is 0.771. The van der Waals surface area contributed by atoms with Crippen LogP contribution in [-0.4, -0.2) is 15.9 Å². The van der Waals surface area contributed by atoms with E-state index in [9.17, 15) is 0 Å². The van der Waals surface area contributed by atoms with E-state index in [1.807, 2.05) is 23.0 Å². The number of aromatic nitrogens is 2. The van der Waals surface area contributed by atoms with Crippen molar-refractivity contribution in [1.82, 2.24) is 14.7 Å². The van der Waals surface area contributed by atoms with Gasteiger partial charge in [-0.2, -0.15) is 0 Å². The van der Waals surface area contributed by atoms with Crippen molar-refractivity contribution in [3.05, 3.63) is 44.8 Å². The average molecular weight is 312 g/mol. The lowest BCUT2D eigenvalue weighted by atomic mass is 10.1. The third kappa shape index (κ3) is 2.69. The SMILES string of the molecule is CCNC(Cc1cn2ccsc2n1)c1sccc1Cl. The molecule has 0 aliphatic rings. The summed E-state index contributed by atoms with van der Waals surface area (Å²) in [5.41, 5.74) is 1.10. The molecular weight excluding hydrogens is 298 g/mol. The Labute approximate surface area is 124 Å². The van der Waals surface area contributed by atoms with Crippen LogP contribution in [0.3, 0.4) is 0 Å². The molecule has 3 aromatic heterocycles. The smallest absolute Gasteiger partial charge is 0.193 e. The molecule has 0 radical (unpaired) electrons. The second-order valence-corrected chi connectivity index (χ2v) is 6.50. The summed E-state index contributed by atoms with van der Waals surface area (Å²) < 4.78 is 2.07. The second kappa shape index (κ2) is 5.63. The first-order valence-electron chi connectivity index (χ1n) is 6.15. The van der Waals surface area contributed by atoms with E-state index in [4.69, 9.17) is 11.6 Å². The number of likely N-dealkylation sites (N-methyl/N-ethyl adjacent to an activating group) is 1. The first kappa shape index (κ1) is 13.1. The monoisotopic (exact) mass is 311 g/mol. The number of nitrogens with one attached hydrogen (secondary N) is 1. The highest BCUT2D eigenvalue weighted by Crippen LogP contribution is 2.30. The highest BCUT2D eigenvalue weighted by atomic mass is 35.5. The summed E-state index contributed by atoms with van der Waals surface area (Å²) in [6, 6.07) is 2.19. The van der Waals surface area contributed by atoms with Crippen LogP contribution in [0.2, 0.25) is 5.02 Å². The number of thiazole rings is 1. The fourth-order valence-electron chi connectivity index (χ4n) is 2.14. The van der Waals surface area contributed by atoms with Crippen LogP contribution in [0.1, 0.15) is 23.5 Å². The Morgan fingerprint density at radius 1 is 1.42 bits per heavy atom. The number of thiophene rings is 1. The molecule has 0 saturated carbocycles. The van der Waals surface area contributed by atoms with Gasteiger partial charge in [0.25, 0.3) is 0 Å². The van der Waals surface area contributed by atoms with Crippen LogP contribution >= 0.6 is 34.3 Å². The molecule has 0 fully saturated rings. The van der Waals surface area contributed by atoms with Gasteiger partial charge in [0.15, 0.2) is 4.96 Å². The zero-order chi connectivity index (χ0) is 13.2. The Morgan fingerprint density at radius 2 is 2.32 bits per heavy atom. The van der Waals surface area contributed by atoms with E-state index in [0.717, 1.165) is 28.6 Å². The van der Waals surface area contributed by atoms with Crippen molar-refractivity contribution in [1.29, 1.82) is 0 Å². The van der Waals surface area contributed by atoms with E-state index in [1.54, 1.807) is 22.7 Å². The first-order valence-corrected chi connectivity index (χ1v) is 8.29. The van der Waals surface area contributed by atoms with Crippen LogP contribution in [0.5, 0.6) is 0 Å². The summed E-state index contributed by atoms with van der Waals surface area (Å²) in [6.45, 7) is 3.03. The largest absolute Gasteiger partial charge is 0.309 e. The van der Waals surface area contributed by atoms with Crippen molar-refractivity contribution >= 4 is 39.2 Å². The van der Waals surface area contributed by atoms with Crippen molar-refractivity contribution in [3.8, 4) is 0 Å². The minimum absolute atomic E-state index is 0.238. The summed E-state index contributed by atoms with van der Waals surface area (Å²) in [6.07, 6.45) is 5.00. The molecule has 1 unspecified atom stereocenters. The number of imidazole rings is 1. The van der Waals surface area contributed by atoms with Crippen LogP contribution in [0.25, 0.3) is 4.96 Å². The Kier molecular flexibility index (Phi) is 3.88. The molecule has 3 heterocycles. The molecule has 0 aromatic carbocycles. The van der Waals surface area contributed by atoms with Gasteiger partial charge in [0.1, 0.15) is 0 Å². The lowest BCUT2D eigenvalue weighted by molar-refractivity contribution is 0.553. The Hall–Kier alpha value is -0.880. The summed E-state index contributed by atoms with van der Waals surface area (Å²) in [7, 11) is 0. The van der Waals surface area contributed by atoms with Gasteiger partial charge in [-0.05, 0) is 18.0 Å². The number of hydrogen-bond acceptors (Lipinski definition) is 4. The molecule has 0 amide bonds. The third-order valence-electron chi connectivity index (χ3n) is 2.97. The normalized spacial score (nSPS) is 13.2. The van der Waals surface area contributed by atoms with Crippen molar-refractivity contribution in [2.45, 2.75) is 19.4 Å². The molecule has 0 spiro atoms. The predicted molar refractivity (Wildman–Crippen MR) is 82.5 cm³/mol. The molecule has 0 aliphatic carbocycles. The van der Waals surface area contributed by atoms with E-state index in [2.05, 4.69) is 27.8 Å². The number of halogens is 1. The Balaban J connectivity index is 1.85. The van der Waals surface area contributed by atoms with Gasteiger partial charge in [0.05, 0.1) is 10.7 Å². The van der Waals surface area contributed by atoms with Crippen molar-refractivity contribution < 1.29 is 0 Å². The number of hydrogen-bond donors (Lipinski definition) is 1. The highest BCUT2D eigenvalue weighted by molar-refractivity contribution is 7.15. The minimum atomic E-state index is 0.238. The van der Waals surface area contributed by atoms with Crippen molar-refractivity contribution in [2.24, 2.45) is 0 Å². The summed E-state index contributed by atoms with van der Waals surface area (Å²) in [4.78, 5) is 6.88. The lowest BCUT2D eigenvalue weighted by Gasteiger charge is -2.15. The van der Waals surface area contributed by atoms with E-state index >= 15 is 0 Å². The summed E-state index contributed by atoms with van der Waals surface area (Å²) in [5, 5.41) is 8.42. The maximum Gasteiger partial charge on any atom is 0.193 e.